The third kappa shape index (κ3) is 4.15. The number of nitrogens with zero attached hydrogens (tertiary/aromatic N) is 1. The van der Waals surface area contributed by atoms with E-state index in [2.05, 4.69) is 4.90 Å². The molecule has 1 fully saturated rings. The number of benzene rings is 2. The van der Waals surface area contributed by atoms with E-state index >= 15 is 0 Å². The summed E-state index contributed by atoms with van der Waals surface area (Å²) in [5.74, 6) is -0.167. The molecule has 1 aliphatic heterocycles. The molecule has 0 N–H and O–H groups in total. The van der Waals surface area contributed by atoms with Gasteiger partial charge in [0.2, 0.25) is 0 Å². The van der Waals surface area contributed by atoms with Gasteiger partial charge in [0.05, 0.1) is 10.1 Å². The summed E-state index contributed by atoms with van der Waals surface area (Å²) < 4.78 is 39.7. The molecular weight excluding hydrogens is 349 g/mol. The molecule has 0 radical (unpaired) electrons. The average molecular weight is 376 g/mol. The highest BCUT2D eigenvalue weighted by Gasteiger charge is 2.32. The largest absolute Gasteiger partial charge is 0.303 e. The Kier molecular flexibility index (Phi) is 5.78. The summed E-state index contributed by atoms with van der Waals surface area (Å²) in [5, 5.41) is -0.325. The standard InChI is InChI=1S/C21H26FNO2S/c1-16-7-8-21(17(2)15-16)26(24,25)19-10-13-23(14-11-19)12-9-18-5-3-4-6-20(18)22/h3-8,15,19H,9-14H2,1-2H3. The van der Waals surface area contributed by atoms with Crippen LogP contribution in [0.4, 0.5) is 4.39 Å². The van der Waals surface area contributed by atoms with E-state index in [4.69, 9.17) is 0 Å². The van der Waals surface area contributed by atoms with E-state index in [0.29, 0.717) is 24.2 Å². The van der Waals surface area contributed by atoms with Gasteiger partial charge in [-0.25, -0.2) is 12.8 Å². The summed E-state index contributed by atoms with van der Waals surface area (Å²) in [4.78, 5) is 2.70. The molecule has 5 heteroatoms. The molecule has 0 saturated carbocycles. The van der Waals surface area contributed by atoms with Crippen LogP contribution < -0.4 is 0 Å². The Labute approximate surface area is 155 Å². The van der Waals surface area contributed by atoms with Crippen molar-refractivity contribution in [3.63, 3.8) is 0 Å². The predicted molar refractivity (Wildman–Crippen MR) is 103 cm³/mol. The highest BCUT2D eigenvalue weighted by Crippen LogP contribution is 2.27. The fourth-order valence-corrected chi connectivity index (χ4v) is 5.68. The van der Waals surface area contributed by atoms with Crippen molar-refractivity contribution in [2.75, 3.05) is 19.6 Å². The highest BCUT2D eigenvalue weighted by atomic mass is 32.2. The summed E-state index contributed by atoms with van der Waals surface area (Å²) in [7, 11) is -3.29. The molecular formula is C21H26FNO2S. The van der Waals surface area contributed by atoms with Gasteiger partial charge in [0.1, 0.15) is 5.82 Å². The van der Waals surface area contributed by atoms with Gasteiger partial charge in [0.15, 0.2) is 9.84 Å². The van der Waals surface area contributed by atoms with Crippen LogP contribution in [0.15, 0.2) is 47.4 Å². The Balaban J connectivity index is 1.60. The van der Waals surface area contributed by atoms with E-state index < -0.39 is 9.84 Å². The topological polar surface area (TPSA) is 37.4 Å². The molecule has 0 spiro atoms. The Morgan fingerprint density at radius 1 is 1.08 bits per heavy atom. The lowest BCUT2D eigenvalue weighted by molar-refractivity contribution is 0.232. The molecule has 2 aromatic rings. The molecule has 0 bridgehead atoms. The first kappa shape index (κ1) is 19.1. The first-order chi connectivity index (χ1) is 12.4. The zero-order chi connectivity index (χ0) is 18.7. The van der Waals surface area contributed by atoms with Crippen molar-refractivity contribution in [3.8, 4) is 0 Å². The number of aryl methyl sites for hydroxylation is 2. The van der Waals surface area contributed by atoms with E-state index in [1.807, 2.05) is 38.1 Å². The van der Waals surface area contributed by atoms with Crippen LogP contribution in [0.5, 0.6) is 0 Å². The molecule has 1 saturated heterocycles. The number of rotatable bonds is 5. The second-order valence-electron chi connectivity index (χ2n) is 7.20. The SMILES string of the molecule is Cc1ccc(S(=O)(=O)C2CCN(CCc3ccccc3F)CC2)c(C)c1. The minimum absolute atomic E-state index is 0.167. The second kappa shape index (κ2) is 7.89. The third-order valence-electron chi connectivity index (χ3n) is 5.27. The third-order valence-corrected chi connectivity index (χ3v) is 7.69. The lowest BCUT2D eigenvalue weighted by Crippen LogP contribution is -2.40. The van der Waals surface area contributed by atoms with Gasteiger partial charge in [0, 0.05) is 6.54 Å². The van der Waals surface area contributed by atoms with Crippen LogP contribution in [0, 0.1) is 19.7 Å². The van der Waals surface area contributed by atoms with Crippen molar-refractivity contribution in [2.45, 2.75) is 43.3 Å². The molecule has 140 valence electrons. The molecule has 1 aliphatic rings. The number of hydrogen-bond donors (Lipinski definition) is 0. The Bertz CT molecular complexity index is 871. The van der Waals surface area contributed by atoms with Gasteiger partial charge < -0.3 is 4.90 Å². The van der Waals surface area contributed by atoms with Crippen LogP contribution in [0.1, 0.15) is 29.5 Å². The van der Waals surface area contributed by atoms with Crippen molar-refractivity contribution in [1.29, 1.82) is 0 Å². The Morgan fingerprint density at radius 2 is 1.77 bits per heavy atom. The van der Waals surface area contributed by atoms with Crippen LogP contribution >= 0.6 is 0 Å². The summed E-state index contributed by atoms with van der Waals surface area (Å²) in [5.41, 5.74) is 2.62. The van der Waals surface area contributed by atoms with Gasteiger partial charge in [-0.3, -0.25) is 0 Å². The van der Waals surface area contributed by atoms with E-state index in [0.717, 1.165) is 36.3 Å². The second-order valence-corrected chi connectivity index (χ2v) is 9.39. The van der Waals surface area contributed by atoms with Crippen molar-refractivity contribution in [2.24, 2.45) is 0 Å². The molecule has 0 unspecified atom stereocenters. The van der Waals surface area contributed by atoms with Crippen LogP contribution in [0.2, 0.25) is 0 Å². The minimum atomic E-state index is -3.29. The van der Waals surface area contributed by atoms with Crippen molar-refractivity contribution < 1.29 is 12.8 Å². The van der Waals surface area contributed by atoms with Gasteiger partial charge in [0.25, 0.3) is 0 Å². The normalized spacial score (nSPS) is 16.7. The van der Waals surface area contributed by atoms with Crippen LogP contribution in [0.3, 0.4) is 0 Å². The fourth-order valence-electron chi connectivity index (χ4n) is 3.72. The summed E-state index contributed by atoms with van der Waals surface area (Å²) in [6, 6.07) is 12.4. The minimum Gasteiger partial charge on any atom is -0.303 e. The fraction of sp³-hybridized carbons (Fsp3) is 0.429. The van der Waals surface area contributed by atoms with Crippen LogP contribution in [-0.4, -0.2) is 38.2 Å². The van der Waals surface area contributed by atoms with Gasteiger partial charge in [-0.1, -0.05) is 35.9 Å². The molecule has 26 heavy (non-hydrogen) atoms. The van der Waals surface area contributed by atoms with E-state index in [-0.39, 0.29) is 11.1 Å². The highest BCUT2D eigenvalue weighted by molar-refractivity contribution is 7.92. The lowest BCUT2D eigenvalue weighted by Gasteiger charge is -2.32. The van der Waals surface area contributed by atoms with E-state index in [9.17, 15) is 12.8 Å². The van der Waals surface area contributed by atoms with E-state index in [1.165, 1.54) is 6.07 Å². The van der Waals surface area contributed by atoms with Gasteiger partial charge in [-0.05, 0) is 69.5 Å². The molecule has 0 amide bonds. The monoisotopic (exact) mass is 375 g/mol. The quantitative estimate of drug-likeness (QED) is 0.795. The molecule has 0 aromatic heterocycles. The molecule has 0 atom stereocenters. The zero-order valence-corrected chi connectivity index (χ0v) is 16.2. The Hall–Kier alpha value is -1.72. The van der Waals surface area contributed by atoms with Crippen molar-refractivity contribution in [3.05, 3.63) is 65.0 Å². The predicted octanol–water partition coefficient (Wildman–Crippen LogP) is 3.92. The number of likely N-dealkylation sites (tertiary alicyclic amines) is 1. The molecule has 2 aromatic carbocycles. The maximum absolute atomic E-state index is 13.7. The van der Waals surface area contributed by atoms with Gasteiger partial charge >= 0.3 is 0 Å². The Morgan fingerprint density at radius 3 is 2.42 bits per heavy atom. The van der Waals surface area contributed by atoms with E-state index in [1.54, 1.807) is 12.1 Å². The zero-order valence-electron chi connectivity index (χ0n) is 15.4. The number of halogens is 1. The molecule has 0 aliphatic carbocycles. The molecule has 3 rings (SSSR count). The first-order valence-corrected chi connectivity index (χ1v) is 10.7. The van der Waals surface area contributed by atoms with Crippen molar-refractivity contribution in [1.82, 2.24) is 4.90 Å². The number of piperidine rings is 1. The van der Waals surface area contributed by atoms with Crippen LogP contribution in [-0.2, 0) is 16.3 Å². The smallest absolute Gasteiger partial charge is 0.181 e. The summed E-state index contributed by atoms with van der Waals surface area (Å²) in [6.45, 7) is 6.07. The number of sulfone groups is 1. The first-order valence-electron chi connectivity index (χ1n) is 9.15. The van der Waals surface area contributed by atoms with Gasteiger partial charge in [-0.15, -0.1) is 0 Å². The molecule has 3 nitrogen and oxygen atoms in total. The average Bonchev–Trinajstić information content (AvgIpc) is 2.61. The summed E-state index contributed by atoms with van der Waals surface area (Å²) in [6.07, 6.45) is 1.92. The van der Waals surface area contributed by atoms with Crippen LogP contribution in [0.25, 0.3) is 0 Å². The number of hydrogen-bond acceptors (Lipinski definition) is 3. The molecule has 1 heterocycles. The maximum Gasteiger partial charge on any atom is 0.181 e. The van der Waals surface area contributed by atoms with Crippen molar-refractivity contribution >= 4 is 9.84 Å². The van der Waals surface area contributed by atoms with Gasteiger partial charge in [-0.2, -0.15) is 0 Å². The summed E-state index contributed by atoms with van der Waals surface area (Å²) >= 11 is 0. The lowest BCUT2D eigenvalue weighted by atomic mass is 10.1. The maximum atomic E-state index is 13.7.